The molecule has 1 aromatic heterocycles. The third kappa shape index (κ3) is 3.49. The molecule has 0 fully saturated rings. The van der Waals surface area contributed by atoms with Crippen molar-refractivity contribution in [1.29, 1.82) is 0 Å². The van der Waals surface area contributed by atoms with Crippen molar-refractivity contribution in [2.75, 3.05) is 5.75 Å². The van der Waals surface area contributed by atoms with Gasteiger partial charge in [-0.3, -0.25) is 0 Å². The quantitative estimate of drug-likeness (QED) is 0.386. The average molecular weight is 343 g/mol. The van der Waals surface area contributed by atoms with Crippen LogP contribution < -0.4 is 0 Å². The minimum Gasteiger partial charge on any atom is -0.355 e. The minimum atomic E-state index is 1.17. The summed E-state index contributed by atoms with van der Waals surface area (Å²) in [7, 11) is 0. The first kappa shape index (κ1) is 16.0. The number of aromatic nitrogens is 1. The van der Waals surface area contributed by atoms with Crippen LogP contribution in [-0.2, 0) is 0 Å². The van der Waals surface area contributed by atoms with Crippen molar-refractivity contribution >= 4 is 22.7 Å². The summed E-state index contributed by atoms with van der Waals surface area (Å²) in [5, 5.41) is 1.28. The second-order valence-electron chi connectivity index (χ2n) is 6.23. The lowest BCUT2D eigenvalue weighted by Crippen LogP contribution is -1.81. The van der Waals surface area contributed by atoms with E-state index in [1.807, 2.05) is 11.8 Å². The van der Waals surface area contributed by atoms with Gasteiger partial charge in [-0.1, -0.05) is 55.5 Å². The van der Waals surface area contributed by atoms with Crippen LogP contribution in [0.2, 0.25) is 0 Å². The molecule has 0 unspecified atom stereocenters. The molecule has 1 nitrogen and oxygen atoms in total. The molecule has 0 radical (unpaired) electrons. The molecule has 0 aliphatic heterocycles. The summed E-state index contributed by atoms with van der Waals surface area (Å²) in [5.74, 6) is 1.17. The number of rotatable bonds is 5. The number of hydrogen-bond donors (Lipinski definition) is 1. The third-order valence-corrected chi connectivity index (χ3v) is 5.55. The number of hydrogen-bond acceptors (Lipinski definition) is 1. The maximum Gasteiger partial charge on any atom is 0.0465 e. The SMILES string of the molecule is CCCSc1ccc2[nH]c(-c3cccc(-c4ccccc4)c3)cc2c1. The lowest BCUT2D eigenvalue weighted by molar-refractivity contribution is 1.10. The van der Waals surface area contributed by atoms with Crippen LogP contribution in [0.15, 0.2) is 83.8 Å². The molecule has 3 aromatic carbocycles. The van der Waals surface area contributed by atoms with Gasteiger partial charge in [0.05, 0.1) is 0 Å². The number of nitrogens with one attached hydrogen (secondary N) is 1. The Hall–Kier alpha value is -2.45. The van der Waals surface area contributed by atoms with E-state index in [4.69, 9.17) is 0 Å². The van der Waals surface area contributed by atoms with E-state index < -0.39 is 0 Å². The third-order valence-electron chi connectivity index (χ3n) is 4.35. The van der Waals surface area contributed by atoms with Gasteiger partial charge in [0, 0.05) is 21.5 Å². The Balaban J connectivity index is 1.70. The molecular formula is C23H21NS. The number of benzene rings is 3. The highest BCUT2D eigenvalue weighted by Gasteiger charge is 2.06. The van der Waals surface area contributed by atoms with E-state index in [2.05, 4.69) is 90.8 Å². The number of thioether (sulfide) groups is 1. The first-order valence-corrected chi connectivity index (χ1v) is 9.73. The lowest BCUT2D eigenvalue weighted by Gasteiger charge is -2.04. The van der Waals surface area contributed by atoms with Gasteiger partial charge in [-0.15, -0.1) is 11.8 Å². The van der Waals surface area contributed by atoms with Gasteiger partial charge in [0.15, 0.2) is 0 Å². The molecule has 1 N–H and O–H groups in total. The normalized spacial score (nSPS) is 11.1. The van der Waals surface area contributed by atoms with Crippen molar-refractivity contribution in [3.63, 3.8) is 0 Å². The number of fused-ring (bicyclic) bond motifs is 1. The molecular weight excluding hydrogens is 322 g/mol. The molecule has 0 amide bonds. The first-order chi connectivity index (χ1) is 12.3. The van der Waals surface area contributed by atoms with Crippen LogP contribution in [0.5, 0.6) is 0 Å². The molecule has 0 saturated heterocycles. The smallest absolute Gasteiger partial charge is 0.0465 e. The molecule has 0 spiro atoms. The maximum absolute atomic E-state index is 3.56. The number of H-pyrrole nitrogens is 1. The second kappa shape index (κ2) is 7.20. The summed E-state index contributed by atoms with van der Waals surface area (Å²) in [6.45, 7) is 2.22. The predicted molar refractivity (Wildman–Crippen MR) is 110 cm³/mol. The summed E-state index contributed by atoms with van der Waals surface area (Å²) < 4.78 is 0. The van der Waals surface area contributed by atoms with E-state index in [0.29, 0.717) is 0 Å². The van der Waals surface area contributed by atoms with Crippen LogP contribution >= 0.6 is 11.8 Å². The van der Waals surface area contributed by atoms with E-state index in [9.17, 15) is 0 Å². The van der Waals surface area contributed by atoms with Gasteiger partial charge in [-0.25, -0.2) is 0 Å². The van der Waals surface area contributed by atoms with E-state index >= 15 is 0 Å². The van der Waals surface area contributed by atoms with Crippen LogP contribution in [0, 0.1) is 0 Å². The molecule has 2 heteroatoms. The molecule has 4 aromatic rings. The molecule has 1 heterocycles. The van der Waals surface area contributed by atoms with Gasteiger partial charge in [0.2, 0.25) is 0 Å². The summed E-state index contributed by atoms with van der Waals surface area (Å²) >= 11 is 1.93. The van der Waals surface area contributed by atoms with Crippen LogP contribution in [-0.4, -0.2) is 10.7 Å². The fourth-order valence-electron chi connectivity index (χ4n) is 3.07. The van der Waals surface area contributed by atoms with Crippen molar-refractivity contribution in [3.8, 4) is 22.4 Å². The highest BCUT2D eigenvalue weighted by molar-refractivity contribution is 7.99. The van der Waals surface area contributed by atoms with Crippen LogP contribution in [0.25, 0.3) is 33.3 Å². The molecule has 4 rings (SSSR count). The van der Waals surface area contributed by atoms with Crippen molar-refractivity contribution in [2.24, 2.45) is 0 Å². The first-order valence-electron chi connectivity index (χ1n) is 8.75. The van der Waals surface area contributed by atoms with Crippen molar-refractivity contribution in [2.45, 2.75) is 18.2 Å². The topological polar surface area (TPSA) is 15.8 Å². The lowest BCUT2D eigenvalue weighted by atomic mass is 10.0. The monoisotopic (exact) mass is 343 g/mol. The van der Waals surface area contributed by atoms with Gasteiger partial charge < -0.3 is 4.98 Å². The van der Waals surface area contributed by atoms with Gasteiger partial charge in [-0.05, 0) is 59.2 Å². The van der Waals surface area contributed by atoms with Crippen LogP contribution in [0.3, 0.4) is 0 Å². The summed E-state index contributed by atoms with van der Waals surface area (Å²) in [4.78, 5) is 4.91. The summed E-state index contributed by atoms with van der Waals surface area (Å²) in [6, 6.07) is 28.2. The fourth-order valence-corrected chi connectivity index (χ4v) is 3.89. The highest BCUT2D eigenvalue weighted by Crippen LogP contribution is 2.30. The zero-order valence-electron chi connectivity index (χ0n) is 14.3. The van der Waals surface area contributed by atoms with Gasteiger partial charge >= 0.3 is 0 Å². The zero-order chi connectivity index (χ0) is 17.1. The molecule has 0 saturated carbocycles. The van der Waals surface area contributed by atoms with Crippen molar-refractivity contribution in [1.82, 2.24) is 4.98 Å². The summed E-state index contributed by atoms with van der Waals surface area (Å²) in [6.07, 6.45) is 1.20. The Morgan fingerprint density at radius 2 is 1.56 bits per heavy atom. The summed E-state index contributed by atoms with van der Waals surface area (Å²) in [5.41, 5.74) is 6.08. The van der Waals surface area contributed by atoms with Crippen LogP contribution in [0.1, 0.15) is 13.3 Å². The molecule has 0 aliphatic rings. The van der Waals surface area contributed by atoms with Crippen molar-refractivity contribution in [3.05, 3.63) is 78.9 Å². The largest absolute Gasteiger partial charge is 0.355 e. The van der Waals surface area contributed by atoms with E-state index in [0.717, 1.165) is 0 Å². The average Bonchev–Trinajstić information content (AvgIpc) is 3.10. The Morgan fingerprint density at radius 1 is 0.760 bits per heavy atom. The van der Waals surface area contributed by atoms with E-state index in [1.54, 1.807) is 0 Å². The fraction of sp³-hybridized carbons (Fsp3) is 0.130. The standard InChI is InChI=1S/C23H21NS/c1-2-13-25-21-11-12-22-20(15-21)16-23(24-22)19-10-6-9-18(14-19)17-7-4-3-5-8-17/h3-12,14-16,24H,2,13H2,1H3. The second-order valence-corrected chi connectivity index (χ2v) is 7.40. The van der Waals surface area contributed by atoms with E-state index in [1.165, 1.54) is 50.4 Å². The number of aromatic amines is 1. The molecule has 0 aliphatic carbocycles. The predicted octanol–water partition coefficient (Wildman–Crippen LogP) is 7.00. The zero-order valence-corrected chi connectivity index (χ0v) is 15.1. The Labute approximate surface area is 153 Å². The molecule has 0 atom stereocenters. The van der Waals surface area contributed by atoms with E-state index in [-0.39, 0.29) is 0 Å². The molecule has 0 bridgehead atoms. The highest BCUT2D eigenvalue weighted by atomic mass is 32.2. The van der Waals surface area contributed by atoms with Crippen molar-refractivity contribution < 1.29 is 0 Å². The molecule has 25 heavy (non-hydrogen) atoms. The van der Waals surface area contributed by atoms with Gasteiger partial charge in [0.25, 0.3) is 0 Å². The Morgan fingerprint density at radius 3 is 2.40 bits per heavy atom. The van der Waals surface area contributed by atoms with Gasteiger partial charge in [-0.2, -0.15) is 0 Å². The maximum atomic E-state index is 3.56. The Kier molecular flexibility index (Phi) is 4.62. The Bertz CT molecular complexity index is 985. The molecule has 124 valence electrons. The van der Waals surface area contributed by atoms with Gasteiger partial charge in [0.1, 0.15) is 0 Å². The minimum absolute atomic E-state index is 1.17. The van der Waals surface area contributed by atoms with Crippen LogP contribution in [0.4, 0.5) is 0 Å².